The Balaban J connectivity index is 0.000000237. The Morgan fingerprint density at radius 1 is 1.11 bits per heavy atom. The van der Waals surface area contributed by atoms with Gasteiger partial charge >= 0.3 is 0 Å². The van der Waals surface area contributed by atoms with Crippen molar-refractivity contribution < 1.29 is 9.59 Å². The van der Waals surface area contributed by atoms with Crippen LogP contribution in [-0.2, 0) is 16.0 Å². The Hall–Kier alpha value is -2.11. The third kappa shape index (κ3) is 6.21. The summed E-state index contributed by atoms with van der Waals surface area (Å²) in [7, 11) is 0. The Labute approximate surface area is 179 Å². The van der Waals surface area contributed by atoms with Crippen LogP contribution < -0.4 is 10.6 Å². The zero-order chi connectivity index (χ0) is 20.7. The Kier molecular flexibility index (Phi) is 8.27. The molecule has 0 saturated carbocycles. The van der Waals surface area contributed by atoms with E-state index in [4.69, 9.17) is 0 Å². The number of anilines is 2. The van der Waals surface area contributed by atoms with Crippen molar-refractivity contribution in [2.24, 2.45) is 0 Å². The molecule has 28 heavy (non-hydrogen) atoms. The van der Waals surface area contributed by atoms with E-state index in [-0.39, 0.29) is 11.8 Å². The van der Waals surface area contributed by atoms with Gasteiger partial charge in [-0.25, -0.2) is 15.0 Å². The summed E-state index contributed by atoms with van der Waals surface area (Å²) in [5, 5.41) is 6.22. The molecule has 3 heterocycles. The van der Waals surface area contributed by atoms with Crippen LogP contribution in [0.15, 0.2) is 21.0 Å². The van der Waals surface area contributed by atoms with Crippen molar-refractivity contribution >= 4 is 62.1 Å². The minimum absolute atomic E-state index is 0.105. The molecule has 0 aromatic carbocycles. The summed E-state index contributed by atoms with van der Waals surface area (Å²) >= 11 is 6.17. The maximum atomic E-state index is 11.1. The van der Waals surface area contributed by atoms with Crippen molar-refractivity contribution in [2.45, 2.75) is 40.5 Å². The Morgan fingerprint density at radius 2 is 1.71 bits per heavy atom. The number of imidazole rings is 1. The van der Waals surface area contributed by atoms with Crippen LogP contribution in [0.4, 0.5) is 11.6 Å². The van der Waals surface area contributed by atoms with Gasteiger partial charge in [0.1, 0.15) is 14.6 Å². The van der Waals surface area contributed by atoms with Gasteiger partial charge in [-0.1, -0.05) is 6.92 Å². The van der Waals surface area contributed by atoms with Crippen LogP contribution >= 0.6 is 38.6 Å². The van der Waals surface area contributed by atoms with Crippen LogP contribution in [0.1, 0.15) is 38.7 Å². The summed E-state index contributed by atoms with van der Waals surface area (Å²) in [5.41, 5.74) is 4.36. The number of aromatic nitrogens is 4. The summed E-state index contributed by atoms with van der Waals surface area (Å²) in [6, 6.07) is 0. The van der Waals surface area contributed by atoms with Crippen molar-refractivity contribution in [3.8, 4) is 5.00 Å². The molecule has 3 aromatic heterocycles. The monoisotopic (exact) mass is 484 g/mol. The molecule has 3 rings (SSSR count). The van der Waals surface area contributed by atoms with Crippen LogP contribution in [0.2, 0.25) is 0 Å². The molecule has 0 unspecified atom stereocenters. The van der Waals surface area contributed by atoms with Crippen molar-refractivity contribution in [1.29, 1.82) is 0 Å². The third-order valence-corrected chi connectivity index (χ3v) is 5.63. The maximum Gasteiger partial charge on any atom is 0.222 e. The van der Waals surface area contributed by atoms with E-state index in [0.717, 1.165) is 33.1 Å². The second-order valence-corrected chi connectivity index (χ2v) is 8.77. The van der Waals surface area contributed by atoms with Gasteiger partial charge in [0, 0.05) is 26.5 Å². The van der Waals surface area contributed by atoms with E-state index >= 15 is 0 Å². The zero-order valence-corrected chi connectivity index (χ0v) is 19.2. The molecule has 0 bridgehead atoms. The van der Waals surface area contributed by atoms with Crippen molar-refractivity contribution in [3.05, 3.63) is 32.5 Å². The van der Waals surface area contributed by atoms with Gasteiger partial charge in [0.25, 0.3) is 0 Å². The number of carbonyl (C=O) groups excluding carboxylic acids is 2. The molecule has 0 aliphatic rings. The predicted molar refractivity (Wildman–Crippen MR) is 116 cm³/mol. The maximum absolute atomic E-state index is 11.1. The number of thiazole rings is 2. The summed E-state index contributed by atoms with van der Waals surface area (Å²) in [5.74, 6) is 1.98. The highest BCUT2D eigenvalue weighted by molar-refractivity contribution is 9.11. The average molecular weight is 485 g/mol. The van der Waals surface area contributed by atoms with Gasteiger partial charge in [-0.15, -0.1) is 22.7 Å². The van der Waals surface area contributed by atoms with Crippen LogP contribution in [0.3, 0.4) is 0 Å². The third-order valence-electron chi connectivity index (χ3n) is 3.25. The predicted octanol–water partition coefficient (Wildman–Crippen LogP) is 4.41. The Morgan fingerprint density at radius 3 is 2.29 bits per heavy atom. The van der Waals surface area contributed by atoms with E-state index < -0.39 is 0 Å². The number of nitrogens with zero attached hydrogens (tertiary/aromatic N) is 4. The van der Waals surface area contributed by atoms with Gasteiger partial charge < -0.3 is 10.6 Å². The minimum atomic E-state index is -0.115. The first kappa shape index (κ1) is 22.2. The summed E-state index contributed by atoms with van der Waals surface area (Å²) in [4.78, 5) is 34.2. The van der Waals surface area contributed by atoms with Crippen LogP contribution in [0.5, 0.6) is 0 Å². The largest absolute Gasteiger partial charge is 0.309 e. The number of hydrogen-bond acceptors (Lipinski definition) is 7. The minimum Gasteiger partial charge on any atom is -0.309 e. The lowest BCUT2D eigenvalue weighted by Gasteiger charge is -2.06. The Bertz CT molecular complexity index is 949. The second-order valence-electron chi connectivity index (χ2n) is 5.76. The first-order valence-electron chi connectivity index (χ1n) is 8.44. The molecule has 2 N–H and O–H groups in total. The van der Waals surface area contributed by atoms with Gasteiger partial charge in [0.15, 0.2) is 11.6 Å². The number of nitrogens with one attached hydrogen (secondary N) is 2. The number of carbonyl (C=O) groups is 2. The van der Waals surface area contributed by atoms with E-state index in [9.17, 15) is 9.59 Å². The molecule has 150 valence electrons. The van der Waals surface area contributed by atoms with Crippen LogP contribution in [0, 0.1) is 6.92 Å². The molecular formula is C17H21BrN6O2S2. The van der Waals surface area contributed by atoms with Gasteiger partial charge in [0.2, 0.25) is 11.8 Å². The zero-order valence-electron chi connectivity index (χ0n) is 15.9. The SMILES string of the molecule is CC(=O)Nc1ncsc1Br.CCCc1nc(C)cn1-c1scnc1NC(C)=O. The fourth-order valence-electron chi connectivity index (χ4n) is 2.27. The fraction of sp³-hybridized carbons (Fsp3) is 0.353. The molecule has 0 spiro atoms. The molecule has 0 atom stereocenters. The van der Waals surface area contributed by atoms with E-state index in [1.165, 1.54) is 36.5 Å². The first-order chi connectivity index (χ1) is 13.3. The lowest BCUT2D eigenvalue weighted by Crippen LogP contribution is -2.09. The molecule has 8 nitrogen and oxygen atoms in total. The number of hydrogen-bond donors (Lipinski definition) is 2. The highest BCUT2D eigenvalue weighted by Crippen LogP contribution is 2.26. The number of rotatable bonds is 5. The van der Waals surface area contributed by atoms with Gasteiger partial charge in [-0.2, -0.15) is 0 Å². The summed E-state index contributed by atoms with van der Waals surface area (Å²) < 4.78 is 2.87. The van der Waals surface area contributed by atoms with E-state index in [2.05, 4.69) is 48.4 Å². The fourth-order valence-corrected chi connectivity index (χ4v) is 3.93. The van der Waals surface area contributed by atoms with Gasteiger partial charge in [0.05, 0.1) is 16.7 Å². The number of halogens is 1. The number of aryl methyl sites for hydroxylation is 2. The first-order valence-corrected chi connectivity index (χ1v) is 11.0. The summed E-state index contributed by atoms with van der Waals surface area (Å²) in [6.07, 6.45) is 3.92. The van der Waals surface area contributed by atoms with E-state index in [1.54, 1.807) is 11.0 Å². The van der Waals surface area contributed by atoms with Crippen molar-refractivity contribution in [3.63, 3.8) is 0 Å². The topological polar surface area (TPSA) is 102 Å². The molecule has 3 aromatic rings. The van der Waals surface area contributed by atoms with Crippen molar-refractivity contribution in [1.82, 2.24) is 19.5 Å². The standard InChI is InChI=1S/C12H16N4OS.C5H5BrN2OS/c1-4-5-10-14-8(2)6-16(10)12-11(13-7-18-12)15-9(3)17;1-3(9)8-5-4(6)10-2-7-5/h6-7H,4-5H2,1-3H3,(H,15,17);2H,1H3,(H,8,9). The molecule has 0 fully saturated rings. The van der Waals surface area contributed by atoms with E-state index in [0.29, 0.717) is 11.6 Å². The molecule has 0 radical (unpaired) electrons. The number of amides is 2. The lowest BCUT2D eigenvalue weighted by atomic mass is 10.3. The van der Waals surface area contributed by atoms with Gasteiger partial charge in [-0.3, -0.25) is 14.2 Å². The lowest BCUT2D eigenvalue weighted by molar-refractivity contribution is -0.115. The summed E-state index contributed by atoms with van der Waals surface area (Å²) in [6.45, 7) is 7.02. The van der Waals surface area contributed by atoms with Crippen LogP contribution in [-0.4, -0.2) is 31.3 Å². The second kappa shape index (κ2) is 10.4. The molecule has 2 amide bonds. The smallest absolute Gasteiger partial charge is 0.222 e. The van der Waals surface area contributed by atoms with Crippen LogP contribution in [0.25, 0.3) is 5.00 Å². The quantitative estimate of drug-likeness (QED) is 0.558. The molecule has 0 aliphatic heterocycles. The molecule has 11 heteroatoms. The normalized spacial score (nSPS) is 10.2. The highest BCUT2D eigenvalue weighted by Gasteiger charge is 2.14. The highest BCUT2D eigenvalue weighted by atomic mass is 79.9. The molecule has 0 saturated heterocycles. The molecule has 0 aliphatic carbocycles. The van der Waals surface area contributed by atoms with Gasteiger partial charge in [-0.05, 0) is 29.3 Å². The molecular weight excluding hydrogens is 464 g/mol. The van der Waals surface area contributed by atoms with Crippen molar-refractivity contribution in [2.75, 3.05) is 10.6 Å². The van der Waals surface area contributed by atoms with E-state index in [1.807, 2.05) is 17.7 Å². The average Bonchev–Trinajstić information content (AvgIpc) is 3.30.